The number of nitro benzene ring substituents is 1. The molecule has 1 aliphatic rings. The molecule has 154 valence electrons. The first kappa shape index (κ1) is 21.6. The van der Waals surface area contributed by atoms with E-state index in [2.05, 4.69) is 15.8 Å². The first-order chi connectivity index (χ1) is 13.4. The van der Waals surface area contributed by atoms with Crippen LogP contribution in [0.25, 0.3) is 0 Å². The van der Waals surface area contributed by atoms with E-state index in [0.717, 1.165) is 31.5 Å². The fourth-order valence-electron chi connectivity index (χ4n) is 2.91. The molecule has 0 radical (unpaired) electrons. The van der Waals surface area contributed by atoms with E-state index in [4.69, 9.17) is 4.74 Å². The molecule has 2 N–H and O–H groups in total. The molecule has 0 bridgehead atoms. The molecule has 0 saturated carbocycles. The van der Waals surface area contributed by atoms with Gasteiger partial charge in [0.25, 0.3) is 11.6 Å². The Labute approximate surface area is 163 Å². The number of piperazine rings is 1. The van der Waals surface area contributed by atoms with E-state index in [0.29, 0.717) is 13.0 Å². The van der Waals surface area contributed by atoms with Crippen molar-refractivity contribution < 1.29 is 19.2 Å². The lowest BCUT2D eigenvalue weighted by molar-refractivity contribution is -0.384. The summed E-state index contributed by atoms with van der Waals surface area (Å²) in [7, 11) is 3.83. The number of nitro groups is 1. The van der Waals surface area contributed by atoms with E-state index in [1.807, 2.05) is 19.0 Å². The predicted molar refractivity (Wildman–Crippen MR) is 103 cm³/mol. The zero-order valence-electron chi connectivity index (χ0n) is 16.2. The third kappa shape index (κ3) is 6.78. The van der Waals surface area contributed by atoms with Crippen molar-refractivity contribution in [2.24, 2.45) is 0 Å². The van der Waals surface area contributed by atoms with Gasteiger partial charge in [-0.1, -0.05) is 12.1 Å². The number of hydrogen-bond donors (Lipinski definition) is 2. The average molecular weight is 393 g/mol. The number of unbranched alkanes of at least 4 members (excludes halogenated alkanes) is 1. The maximum Gasteiger partial charge on any atom is 0.426 e. The third-order valence-electron chi connectivity index (χ3n) is 4.68. The van der Waals surface area contributed by atoms with Crippen LogP contribution in [0.1, 0.15) is 18.4 Å². The number of carbonyl (C=O) groups excluding carboxylic acids is 2. The minimum absolute atomic E-state index is 0.0665. The smallest absolute Gasteiger partial charge is 0.426 e. The summed E-state index contributed by atoms with van der Waals surface area (Å²) in [5, 5.41) is 10.6. The molecule has 1 fully saturated rings. The lowest BCUT2D eigenvalue weighted by Crippen LogP contribution is -2.59. The number of hydrogen-bond acceptors (Lipinski definition) is 7. The van der Waals surface area contributed by atoms with Crippen molar-refractivity contribution in [2.75, 3.05) is 40.3 Å². The minimum Gasteiger partial charge on any atom is -0.448 e. The molecule has 1 saturated heterocycles. The monoisotopic (exact) mass is 393 g/mol. The van der Waals surface area contributed by atoms with Crippen molar-refractivity contribution in [3.05, 3.63) is 39.9 Å². The number of nitrogens with one attached hydrogen (secondary N) is 2. The lowest BCUT2D eigenvalue weighted by Gasteiger charge is -2.36. The molecule has 10 heteroatoms. The number of carbonyl (C=O) groups is 2. The van der Waals surface area contributed by atoms with Crippen LogP contribution in [0.15, 0.2) is 24.3 Å². The van der Waals surface area contributed by atoms with E-state index in [-0.39, 0.29) is 24.2 Å². The second-order valence-electron chi connectivity index (χ2n) is 6.89. The summed E-state index contributed by atoms with van der Waals surface area (Å²) in [6.45, 7) is 2.51. The number of amides is 2. The number of non-ortho nitro benzene ring substituents is 1. The molecule has 2 rings (SSSR count). The number of nitrogens with zero attached hydrogens (tertiary/aromatic N) is 3. The van der Waals surface area contributed by atoms with Gasteiger partial charge >= 0.3 is 6.09 Å². The third-order valence-corrected chi connectivity index (χ3v) is 4.68. The summed E-state index contributed by atoms with van der Waals surface area (Å²) in [5.74, 6) is -0.274. The van der Waals surface area contributed by atoms with Gasteiger partial charge in [-0.3, -0.25) is 25.2 Å². The quantitative estimate of drug-likeness (QED) is 0.402. The van der Waals surface area contributed by atoms with Crippen LogP contribution >= 0.6 is 0 Å². The van der Waals surface area contributed by atoms with Gasteiger partial charge in [-0.05, 0) is 38.9 Å². The number of ether oxygens (including phenoxy) is 1. The Morgan fingerprint density at radius 2 is 1.89 bits per heavy atom. The SMILES string of the molecule is CN1CCN(C)C(C(=O)NNC(=O)OCCCCc2ccc([N+](=O)[O-])cc2)C1. The van der Waals surface area contributed by atoms with Crippen molar-refractivity contribution in [1.29, 1.82) is 0 Å². The van der Waals surface area contributed by atoms with Crippen LogP contribution in [0.2, 0.25) is 0 Å². The van der Waals surface area contributed by atoms with E-state index >= 15 is 0 Å². The van der Waals surface area contributed by atoms with Crippen molar-refractivity contribution in [3.8, 4) is 0 Å². The molecule has 0 aliphatic carbocycles. The fourth-order valence-corrected chi connectivity index (χ4v) is 2.91. The summed E-state index contributed by atoms with van der Waals surface area (Å²) in [6.07, 6.45) is 1.46. The van der Waals surface area contributed by atoms with Crippen LogP contribution in [0, 0.1) is 10.1 Å². The summed E-state index contributed by atoms with van der Waals surface area (Å²) in [6, 6.07) is 6.08. The molecule has 1 aromatic carbocycles. The van der Waals surface area contributed by atoms with Gasteiger partial charge in [0, 0.05) is 31.8 Å². The highest BCUT2D eigenvalue weighted by Crippen LogP contribution is 2.13. The molecular weight excluding hydrogens is 366 g/mol. The zero-order chi connectivity index (χ0) is 20.5. The topological polar surface area (TPSA) is 117 Å². The molecule has 1 aromatic rings. The second kappa shape index (κ2) is 10.6. The molecule has 10 nitrogen and oxygen atoms in total. The second-order valence-corrected chi connectivity index (χ2v) is 6.89. The number of hydrazine groups is 1. The van der Waals surface area contributed by atoms with Gasteiger partial charge in [0.05, 0.1) is 11.5 Å². The highest BCUT2D eigenvalue weighted by Gasteiger charge is 2.28. The summed E-state index contributed by atoms with van der Waals surface area (Å²) in [5.41, 5.74) is 5.72. The Bertz CT molecular complexity index is 681. The minimum atomic E-state index is -0.699. The van der Waals surface area contributed by atoms with Gasteiger partial charge < -0.3 is 9.64 Å². The van der Waals surface area contributed by atoms with Gasteiger partial charge in [0.1, 0.15) is 6.04 Å². The Morgan fingerprint density at radius 1 is 1.18 bits per heavy atom. The molecule has 1 unspecified atom stereocenters. The van der Waals surface area contributed by atoms with E-state index < -0.39 is 11.0 Å². The molecule has 28 heavy (non-hydrogen) atoms. The van der Waals surface area contributed by atoms with Gasteiger partial charge in [0.2, 0.25) is 0 Å². The van der Waals surface area contributed by atoms with Crippen LogP contribution in [-0.2, 0) is 16.0 Å². The highest BCUT2D eigenvalue weighted by molar-refractivity contribution is 5.84. The average Bonchev–Trinajstić information content (AvgIpc) is 2.68. The Balaban J connectivity index is 1.58. The standard InChI is InChI=1S/C18H27N5O5/c1-21-10-11-22(2)16(13-21)17(24)19-20-18(25)28-12-4-3-5-14-6-8-15(9-7-14)23(26)27/h6-9,16H,3-5,10-13H2,1-2H3,(H,19,24)(H,20,25). The maximum absolute atomic E-state index is 12.2. The normalized spacial score (nSPS) is 17.7. The van der Waals surface area contributed by atoms with Crippen LogP contribution in [0.3, 0.4) is 0 Å². The first-order valence-electron chi connectivity index (χ1n) is 9.21. The van der Waals surface area contributed by atoms with E-state index in [9.17, 15) is 19.7 Å². The van der Waals surface area contributed by atoms with Gasteiger partial charge in [-0.15, -0.1) is 0 Å². The molecule has 2 amide bonds. The van der Waals surface area contributed by atoms with Crippen LogP contribution in [-0.4, -0.2) is 73.1 Å². The van der Waals surface area contributed by atoms with Crippen molar-refractivity contribution in [1.82, 2.24) is 20.7 Å². The Morgan fingerprint density at radius 3 is 2.57 bits per heavy atom. The number of benzene rings is 1. The summed E-state index contributed by atoms with van der Waals surface area (Å²) in [4.78, 5) is 38.0. The van der Waals surface area contributed by atoms with Gasteiger partial charge in [-0.25, -0.2) is 10.2 Å². The molecule has 1 aliphatic heterocycles. The first-order valence-corrected chi connectivity index (χ1v) is 9.21. The fraction of sp³-hybridized carbons (Fsp3) is 0.556. The predicted octanol–water partition coefficient (Wildman–Crippen LogP) is 0.921. The lowest BCUT2D eigenvalue weighted by atomic mass is 10.1. The molecule has 1 heterocycles. The van der Waals surface area contributed by atoms with Gasteiger partial charge in [-0.2, -0.15) is 0 Å². The summed E-state index contributed by atoms with van der Waals surface area (Å²) >= 11 is 0. The van der Waals surface area contributed by atoms with Crippen molar-refractivity contribution in [3.63, 3.8) is 0 Å². The Kier molecular flexibility index (Phi) is 8.15. The highest BCUT2D eigenvalue weighted by atomic mass is 16.6. The molecule has 0 aromatic heterocycles. The molecule has 0 spiro atoms. The Hall–Kier alpha value is -2.72. The van der Waals surface area contributed by atoms with Gasteiger partial charge in [0.15, 0.2) is 0 Å². The van der Waals surface area contributed by atoms with Crippen molar-refractivity contribution in [2.45, 2.75) is 25.3 Å². The zero-order valence-corrected chi connectivity index (χ0v) is 16.2. The molecular formula is C18H27N5O5. The number of likely N-dealkylation sites (N-methyl/N-ethyl adjacent to an activating group) is 2. The summed E-state index contributed by atoms with van der Waals surface area (Å²) < 4.78 is 5.04. The van der Waals surface area contributed by atoms with Crippen LogP contribution in [0.5, 0.6) is 0 Å². The van der Waals surface area contributed by atoms with Crippen molar-refractivity contribution >= 4 is 17.7 Å². The largest absolute Gasteiger partial charge is 0.448 e. The van der Waals surface area contributed by atoms with Crippen LogP contribution < -0.4 is 10.9 Å². The number of rotatable bonds is 7. The molecule has 1 atom stereocenters. The van der Waals surface area contributed by atoms with E-state index in [1.54, 1.807) is 12.1 Å². The maximum atomic E-state index is 12.2. The number of aryl methyl sites for hydroxylation is 1. The van der Waals surface area contributed by atoms with E-state index in [1.165, 1.54) is 12.1 Å². The van der Waals surface area contributed by atoms with Crippen LogP contribution in [0.4, 0.5) is 10.5 Å².